The Morgan fingerprint density at radius 1 is 1.50 bits per heavy atom. The van der Waals surface area contributed by atoms with E-state index in [9.17, 15) is 4.79 Å². The molecule has 0 fully saturated rings. The van der Waals surface area contributed by atoms with Crippen LogP contribution in [-0.2, 0) is 4.74 Å². The molecule has 0 unspecified atom stereocenters. The summed E-state index contributed by atoms with van der Waals surface area (Å²) in [5, 5.41) is 8.50. The second-order valence-corrected chi connectivity index (χ2v) is 3.64. The minimum atomic E-state index is -0.361. The van der Waals surface area contributed by atoms with Crippen molar-refractivity contribution in [3.05, 3.63) is 34.3 Å². The van der Waals surface area contributed by atoms with Gasteiger partial charge in [-0.2, -0.15) is 0 Å². The van der Waals surface area contributed by atoms with E-state index in [0.29, 0.717) is 12.0 Å². The first-order chi connectivity index (χ1) is 6.74. The van der Waals surface area contributed by atoms with Gasteiger partial charge in [-0.15, -0.1) is 0 Å². The predicted molar refractivity (Wildman–Crippen MR) is 56.1 cm³/mol. The topological polar surface area (TPSA) is 46.5 Å². The molecular formula is C10H11BrO3. The first-order valence-electron chi connectivity index (χ1n) is 4.27. The van der Waals surface area contributed by atoms with Crippen LogP contribution in [-0.4, -0.2) is 24.3 Å². The fourth-order valence-electron chi connectivity index (χ4n) is 0.928. The molecule has 1 N–H and O–H groups in total. The highest BCUT2D eigenvalue weighted by Crippen LogP contribution is 2.12. The van der Waals surface area contributed by atoms with E-state index in [1.807, 2.05) is 6.07 Å². The van der Waals surface area contributed by atoms with E-state index in [4.69, 9.17) is 9.84 Å². The highest BCUT2D eigenvalue weighted by Gasteiger charge is 2.06. The maximum absolute atomic E-state index is 11.3. The van der Waals surface area contributed by atoms with Gasteiger partial charge in [-0.3, -0.25) is 0 Å². The number of halogens is 1. The summed E-state index contributed by atoms with van der Waals surface area (Å²) in [5.74, 6) is -0.361. The van der Waals surface area contributed by atoms with Gasteiger partial charge in [-0.1, -0.05) is 22.0 Å². The summed E-state index contributed by atoms with van der Waals surface area (Å²) in [6.07, 6.45) is 0.472. The van der Waals surface area contributed by atoms with Crippen LogP contribution in [0.25, 0.3) is 0 Å². The summed E-state index contributed by atoms with van der Waals surface area (Å²) in [6, 6.07) is 6.99. The number of aliphatic hydroxyl groups excluding tert-OH is 1. The number of hydrogen-bond donors (Lipinski definition) is 1. The molecule has 1 aromatic carbocycles. The number of ether oxygens (including phenoxy) is 1. The SMILES string of the molecule is O=C(OCCCO)c1cccc(Br)c1. The normalized spacial score (nSPS) is 9.86. The lowest BCUT2D eigenvalue weighted by Gasteiger charge is -2.03. The number of hydrogen-bond acceptors (Lipinski definition) is 3. The van der Waals surface area contributed by atoms with Gasteiger partial charge in [0.15, 0.2) is 0 Å². The van der Waals surface area contributed by atoms with Crippen molar-refractivity contribution in [3.8, 4) is 0 Å². The van der Waals surface area contributed by atoms with Crippen LogP contribution in [0.1, 0.15) is 16.8 Å². The fraction of sp³-hybridized carbons (Fsp3) is 0.300. The Bertz CT molecular complexity index is 312. The molecule has 1 rings (SSSR count). The van der Waals surface area contributed by atoms with Crippen LogP contribution in [0.3, 0.4) is 0 Å². The summed E-state index contributed by atoms with van der Waals surface area (Å²) in [5.41, 5.74) is 0.511. The maximum atomic E-state index is 11.3. The van der Waals surface area contributed by atoms with Crippen molar-refractivity contribution in [2.75, 3.05) is 13.2 Å². The van der Waals surface area contributed by atoms with Gasteiger partial charge in [0.1, 0.15) is 0 Å². The molecule has 4 heteroatoms. The third kappa shape index (κ3) is 3.47. The van der Waals surface area contributed by atoms with E-state index in [-0.39, 0.29) is 19.2 Å². The summed E-state index contributed by atoms with van der Waals surface area (Å²) < 4.78 is 5.75. The molecule has 0 aliphatic heterocycles. The molecular weight excluding hydrogens is 248 g/mol. The van der Waals surface area contributed by atoms with Crippen molar-refractivity contribution < 1.29 is 14.6 Å². The molecule has 14 heavy (non-hydrogen) atoms. The summed E-state index contributed by atoms with van der Waals surface area (Å²) >= 11 is 3.26. The smallest absolute Gasteiger partial charge is 0.338 e. The zero-order chi connectivity index (χ0) is 10.4. The molecule has 0 saturated carbocycles. The molecule has 0 amide bonds. The van der Waals surface area contributed by atoms with E-state index in [1.54, 1.807) is 18.2 Å². The van der Waals surface area contributed by atoms with Crippen molar-refractivity contribution in [2.45, 2.75) is 6.42 Å². The van der Waals surface area contributed by atoms with Gasteiger partial charge in [0.2, 0.25) is 0 Å². The second kappa shape index (κ2) is 5.78. The van der Waals surface area contributed by atoms with Crippen molar-refractivity contribution >= 4 is 21.9 Å². The van der Waals surface area contributed by atoms with Crippen LogP contribution in [0.4, 0.5) is 0 Å². The largest absolute Gasteiger partial charge is 0.462 e. The molecule has 1 aromatic rings. The second-order valence-electron chi connectivity index (χ2n) is 2.72. The third-order valence-electron chi connectivity index (χ3n) is 1.60. The van der Waals surface area contributed by atoms with Gasteiger partial charge >= 0.3 is 5.97 Å². The quantitative estimate of drug-likeness (QED) is 0.664. The molecule has 0 heterocycles. The average molecular weight is 259 g/mol. The van der Waals surface area contributed by atoms with E-state index in [1.165, 1.54) is 0 Å². The Hall–Kier alpha value is -0.870. The standard InChI is InChI=1S/C10H11BrO3/c11-9-4-1-3-8(7-9)10(13)14-6-2-5-12/h1,3-4,7,12H,2,5-6H2. The third-order valence-corrected chi connectivity index (χ3v) is 2.09. The van der Waals surface area contributed by atoms with E-state index in [2.05, 4.69) is 15.9 Å². The van der Waals surface area contributed by atoms with Crippen molar-refractivity contribution in [3.63, 3.8) is 0 Å². The Balaban J connectivity index is 2.52. The molecule has 0 spiro atoms. The van der Waals surface area contributed by atoms with Gasteiger partial charge in [-0.05, 0) is 18.2 Å². The molecule has 0 radical (unpaired) electrons. The van der Waals surface area contributed by atoms with Gasteiger partial charge < -0.3 is 9.84 Å². The molecule has 76 valence electrons. The number of esters is 1. The minimum absolute atomic E-state index is 0.0335. The Kier molecular flexibility index (Phi) is 4.62. The Labute approximate surface area is 90.8 Å². The summed E-state index contributed by atoms with van der Waals surface area (Å²) in [7, 11) is 0. The fourth-order valence-corrected chi connectivity index (χ4v) is 1.33. The molecule has 0 aliphatic carbocycles. The van der Waals surface area contributed by atoms with Crippen LogP contribution >= 0.6 is 15.9 Å². The summed E-state index contributed by atoms with van der Waals surface area (Å²) in [6.45, 7) is 0.285. The lowest BCUT2D eigenvalue weighted by molar-refractivity contribution is 0.0482. The Morgan fingerprint density at radius 3 is 2.93 bits per heavy atom. The van der Waals surface area contributed by atoms with Crippen LogP contribution < -0.4 is 0 Å². The first-order valence-corrected chi connectivity index (χ1v) is 5.07. The van der Waals surface area contributed by atoms with E-state index in [0.717, 1.165) is 4.47 Å². The number of carbonyl (C=O) groups excluding carboxylic acids is 1. The lowest BCUT2D eigenvalue weighted by atomic mass is 10.2. The number of carbonyl (C=O) groups is 1. The van der Waals surface area contributed by atoms with Crippen LogP contribution in [0.15, 0.2) is 28.7 Å². The highest BCUT2D eigenvalue weighted by atomic mass is 79.9. The number of benzene rings is 1. The Morgan fingerprint density at radius 2 is 2.29 bits per heavy atom. The molecule has 3 nitrogen and oxygen atoms in total. The molecule has 0 atom stereocenters. The zero-order valence-electron chi connectivity index (χ0n) is 7.57. The van der Waals surface area contributed by atoms with E-state index < -0.39 is 0 Å². The summed E-state index contributed by atoms with van der Waals surface area (Å²) in [4.78, 5) is 11.3. The van der Waals surface area contributed by atoms with Crippen LogP contribution in [0.2, 0.25) is 0 Å². The molecule has 0 aromatic heterocycles. The maximum Gasteiger partial charge on any atom is 0.338 e. The van der Waals surface area contributed by atoms with Crippen molar-refractivity contribution in [2.24, 2.45) is 0 Å². The molecule has 0 bridgehead atoms. The van der Waals surface area contributed by atoms with Gasteiger partial charge in [0.25, 0.3) is 0 Å². The van der Waals surface area contributed by atoms with Crippen molar-refractivity contribution in [1.82, 2.24) is 0 Å². The minimum Gasteiger partial charge on any atom is -0.462 e. The zero-order valence-corrected chi connectivity index (χ0v) is 9.16. The first kappa shape index (κ1) is 11.2. The monoisotopic (exact) mass is 258 g/mol. The lowest BCUT2D eigenvalue weighted by Crippen LogP contribution is -2.07. The molecule has 0 aliphatic rings. The number of rotatable bonds is 4. The number of aliphatic hydroxyl groups is 1. The van der Waals surface area contributed by atoms with Gasteiger partial charge in [-0.25, -0.2) is 4.79 Å². The van der Waals surface area contributed by atoms with Gasteiger partial charge in [0, 0.05) is 17.5 Å². The van der Waals surface area contributed by atoms with Crippen molar-refractivity contribution in [1.29, 1.82) is 0 Å². The predicted octanol–water partition coefficient (Wildman–Crippen LogP) is 1.99. The average Bonchev–Trinajstić information content (AvgIpc) is 2.18. The van der Waals surface area contributed by atoms with E-state index >= 15 is 0 Å². The molecule has 0 saturated heterocycles. The van der Waals surface area contributed by atoms with Crippen LogP contribution in [0, 0.1) is 0 Å². The van der Waals surface area contributed by atoms with Gasteiger partial charge in [0.05, 0.1) is 12.2 Å². The highest BCUT2D eigenvalue weighted by molar-refractivity contribution is 9.10. The van der Waals surface area contributed by atoms with Crippen LogP contribution in [0.5, 0.6) is 0 Å².